The molecule has 3 rings (SSSR count). The summed E-state index contributed by atoms with van der Waals surface area (Å²) in [5.41, 5.74) is 2.00. The van der Waals surface area contributed by atoms with Crippen LogP contribution < -0.4 is 10.1 Å². The number of anilines is 1. The number of non-ortho nitro benzene ring substituents is 1. The molecule has 3 aromatic rings. The molecule has 0 bridgehead atoms. The minimum atomic E-state index is -0.506. The van der Waals surface area contributed by atoms with Crippen LogP contribution in [0.5, 0.6) is 5.75 Å². The zero-order chi connectivity index (χ0) is 23.1. The Morgan fingerprint density at radius 3 is 2.38 bits per heavy atom. The first-order chi connectivity index (χ1) is 15.4. The molecule has 7 nitrogen and oxygen atoms in total. The molecule has 32 heavy (non-hydrogen) atoms. The third-order valence-corrected chi connectivity index (χ3v) is 4.81. The van der Waals surface area contributed by atoms with Crippen LogP contribution in [0.4, 0.5) is 11.4 Å². The maximum absolute atomic E-state index is 12.1. The molecular weight excluding hydrogens is 453 g/mol. The summed E-state index contributed by atoms with van der Waals surface area (Å²) in [6.45, 7) is -0.246. The molecule has 0 fully saturated rings. The molecule has 3 aromatic carbocycles. The van der Waals surface area contributed by atoms with Gasteiger partial charge in [-0.05, 0) is 65.7 Å². The Labute approximate surface area is 193 Å². The third-order valence-electron chi connectivity index (χ3n) is 4.26. The van der Waals surface area contributed by atoms with Crippen molar-refractivity contribution in [3.8, 4) is 11.8 Å². The van der Waals surface area contributed by atoms with Crippen LogP contribution in [0.15, 0.2) is 66.7 Å². The second-order valence-electron chi connectivity index (χ2n) is 6.51. The van der Waals surface area contributed by atoms with Crippen LogP contribution in [0.1, 0.15) is 11.1 Å². The van der Waals surface area contributed by atoms with Gasteiger partial charge in [-0.15, -0.1) is 0 Å². The number of nitrogens with one attached hydrogen (secondary N) is 1. The number of nitrogens with zero attached hydrogens (tertiary/aromatic N) is 2. The SMILES string of the molecule is N#C/C(=C\c1ccc(OCC(=O)Nc2ccc(Cl)cc2)c(Cl)c1)c1ccc([N+](=O)[O-])cc1. The van der Waals surface area contributed by atoms with Gasteiger partial charge >= 0.3 is 0 Å². The highest BCUT2D eigenvalue weighted by atomic mass is 35.5. The van der Waals surface area contributed by atoms with Gasteiger partial charge in [0.1, 0.15) is 5.75 Å². The van der Waals surface area contributed by atoms with Crippen molar-refractivity contribution in [2.45, 2.75) is 0 Å². The number of benzene rings is 3. The number of allylic oxidation sites excluding steroid dienone is 1. The zero-order valence-corrected chi connectivity index (χ0v) is 17.9. The number of carbonyl (C=O) groups excluding carboxylic acids is 1. The molecule has 0 spiro atoms. The highest BCUT2D eigenvalue weighted by Crippen LogP contribution is 2.28. The molecule has 0 aliphatic carbocycles. The maximum atomic E-state index is 12.1. The molecule has 0 heterocycles. The summed E-state index contributed by atoms with van der Waals surface area (Å²) in [7, 11) is 0. The van der Waals surface area contributed by atoms with Crippen LogP contribution in [0.25, 0.3) is 11.6 Å². The van der Waals surface area contributed by atoms with Crippen molar-refractivity contribution in [2.24, 2.45) is 0 Å². The highest BCUT2D eigenvalue weighted by molar-refractivity contribution is 6.32. The molecule has 1 N–H and O–H groups in total. The normalized spacial score (nSPS) is 10.8. The molecule has 0 radical (unpaired) electrons. The van der Waals surface area contributed by atoms with Crippen molar-refractivity contribution in [1.29, 1.82) is 5.26 Å². The van der Waals surface area contributed by atoms with Gasteiger partial charge in [0, 0.05) is 22.8 Å². The monoisotopic (exact) mass is 467 g/mol. The topological polar surface area (TPSA) is 105 Å². The third kappa shape index (κ3) is 6.08. The summed E-state index contributed by atoms with van der Waals surface area (Å²) in [6.07, 6.45) is 1.60. The van der Waals surface area contributed by atoms with E-state index >= 15 is 0 Å². The molecular formula is C23H15Cl2N3O4. The number of hydrogen-bond donors (Lipinski definition) is 1. The molecule has 1 amide bonds. The molecule has 0 unspecified atom stereocenters. The number of rotatable bonds is 7. The fraction of sp³-hybridized carbons (Fsp3) is 0.0435. The van der Waals surface area contributed by atoms with Gasteiger partial charge in [0.05, 0.1) is 21.6 Å². The van der Waals surface area contributed by atoms with Crippen molar-refractivity contribution in [1.82, 2.24) is 0 Å². The minimum absolute atomic E-state index is 0.0596. The molecule has 0 aromatic heterocycles. The van der Waals surface area contributed by atoms with E-state index < -0.39 is 4.92 Å². The lowest BCUT2D eigenvalue weighted by atomic mass is 10.0. The quantitative estimate of drug-likeness (QED) is 0.199. The Hall–Kier alpha value is -3.86. The van der Waals surface area contributed by atoms with E-state index in [0.717, 1.165) is 0 Å². The average molecular weight is 468 g/mol. The van der Waals surface area contributed by atoms with Crippen LogP contribution in [-0.4, -0.2) is 17.4 Å². The molecule has 9 heteroatoms. The predicted octanol–water partition coefficient (Wildman–Crippen LogP) is 5.98. The lowest BCUT2D eigenvalue weighted by Gasteiger charge is -2.09. The van der Waals surface area contributed by atoms with Crippen LogP contribution in [-0.2, 0) is 4.79 Å². The fourth-order valence-corrected chi connectivity index (χ4v) is 3.08. The van der Waals surface area contributed by atoms with Gasteiger partial charge in [-0.1, -0.05) is 29.3 Å². The number of nitro groups is 1. The van der Waals surface area contributed by atoms with Crippen LogP contribution in [0.2, 0.25) is 10.0 Å². The van der Waals surface area contributed by atoms with E-state index in [4.69, 9.17) is 27.9 Å². The van der Waals surface area contributed by atoms with Crippen LogP contribution in [0, 0.1) is 21.4 Å². The van der Waals surface area contributed by atoms with Crippen molar-refractivity contribution in [2.75, 3.05) is 11.9 Å². The molecule has 160 valence electrons. The fourth-order valence-electron chi connectivity index (χ4n) is 2.71. The first kappa shape index (κ1) is 22.8. The summed E-state index contributed by atoms with van der Waals surface area (Å²) in [5, 5.41) is 23.7. The molecule has 0 aliphatic rings. The number of halogens is 2. The van der Waals surface area contributed by atoms with E-state index in [2.05, 4.69) is 11.4 Å². The van der Waals surface area contributed by atoms with Gasteiger partial charge in [-0.2, -0.15) is 5.26 Å². The average Bonchev–Trinajstić information content (AvgIpc) is 2.78. The van der Waals surface area contributed by atoms with E-state index in [0.29, 0.717) is 33.2 Å². The summed E-state index contributed by atoms with van der Waals surface area (Å²) in [6, 6.07) is 19.3. The Bertz CT molecular complexity index is 1220. The van der Waals surface area contributed by atoms with Gasteiger partial charge < -0.3 is 10.1 Å². The number of hydrogen-bond acceptors (Lipinski definition) is 5. The Morgan fingerprint density at radius 2 is 1.78 bits per heavy atom. The smallest absolute Gasteiger partial charge is 0.269 e. The van der Waals surface area contributed by atoms with E-state index in [1.807, 2.05) is 0 Å². The largest absolute Gasteiger partial charge is 0.482 e. The lowest BCUT2D eigenvalue weighted by Crippen LogP contribution is -2.20. The summed E-state index contributed by atoms with van der Waals surface area (Å²) >= 11 is 12.1. The molecule has 0 aliphatic heterocycles. The molecule has 0 saturated heterocycles. The Balaban J connectivity index is 1.67. The summed E-state index contributed by atoms with van der Waals surface area (Å²) in [4.78, 5) is 22.3. The predicted molar refractivity (Wildman–Crippen MR) is 124 cm³/mol. The number of nitro benzene ring substituents is 1. The van der Waals surface area contributed by atoms with Gasteiger partial charge in [-0.3, -0.25) is 14.9 Å². The second kappa shape index (κ2) is 10.4. The van der Waals surface area contributed by atoms with Gasteiger partial charge in [0.2, 0.25) is 0 Å². The summed E-state index contributed by atoms with van der Waals surface area (Å²) < 4.78 is 5.48. The molecule has 0 saturated carbocycles. The first-order valence-corrected chi connectivity index (χ1v) is 9.95. The summed E-state index contributed by atoms with van der Waals surface area (Å²) in [5.74, 6) is -0.0544. The minimum Gasteiger partial charge on any atom is -0.482 e. The molecule has 0 atom stereocenters. The number of amides is 1. The van der Waals surface area contributed by atoms with Crippen molar-refractivity contribution in [3.63, 3.8) is 0 Å². The van der Waals surface area contributed by atoms with Crippen molar-refractivity contribution < 1.29 is 14.5 Å². The van der Waals surface area contributed by atoms with E-state index in [9.17, 15) is 20.2 Å². The zero-order valence-electron chi connectivity index (χ0n) is 16.4. The maximum Gasteiger partial charge on any atom is 0.269 e. The number of ether oxygens (including phenoxy) is 1. The van der Waals surface area contributed by atoms with Gasteiger partial charge in [0.15, 0.2) is 6.61 Å². The first-order valence-electron chi connectivity index (χ1n) is 9.20. The van der Waals surface area contributed by atoms with E-state index in [1.54, 1.807) is 48.5 Å². The Morgan fingerprint density at radius 1 is 1.09 bits per heavy atom. The van der Waals surface area contributed by atoms with E-state index in [1.165, 1.54) is 24.3 Å². The lowest BCUT2D eigenvalue weighted by molar-refractivity contribution is -0.384. The Kier molecular flexibility index (Phi) is 7.45. The van der Waals surface area contributed by atoms with E-state index in [-0.39, 0.29) is 23.2 Å². The van der Waals surface area contributed by atoms with Crippen molar-refractivity contribution >= 4 is 52.1 Å². The van der Waals surface area contributed by atoms with Crippen molar-refractivity contribution in [3.05, 3.63) is 98.0 Å². The van der Waals surface area contributed by atoms with Gasteiger partial charge in [0.25, 0.3) is 11.6 Å². The highest BCUT2D eigenvalue weighted by Gasteiger charge is 2.10. The second-order valence-corrected chi connectivity index (χ2v) is 7.35. The van der Waals surface area contributed by atoms with Gasteiger partial charge in [-0.25, -0.2) is 0 Å². The number of carbonyl (C=O) groups is 1. The number of nitriles is 1. The standard InChI is InChI=1S/C23H15Cl2N3O4/c24-18-4-6-19(7-5-18)27-23(29)14-32-22-10-1-15(12-21(22)25)11-17(13-26)16-2-8-20(9-3-16)28(30)31/h1-12H,14H2,(H,27,29)/b17-11+. The van der Waals surface area contributed by atoms with Crippen LogP contribution >= 0.6 is 23.2 Å². The van der Waals surface area contributed by atoms with Crippen LogP contribution in [0.3, 0.4) is 0 Å².